The van der Waals surface area contributed by atoms with Crippen molar-refractivity contribution in [2.45, 2.75) is 32.9 Å². The van der Waals surface area contributed by atoms with Gasteiger partial charge in [0, 0.05) is 23.8 Å². The summed E-state index contributed by atoms with van der Waals surface area (Å²) >= 11 is 6.07. The van der Waals surface area contributed by atoms with E-state index in [1.807, 2.05) is 30.3 Å². The Morgan fingerprint density at radius 1 is 1.19 bits per heavy atom. The zero-order valence-corrected chi connectivity index (χ0v) is 19.3. The molecular formula is C22H26ClN3O4S. The van der Waals surface area contributed by atoms with Crippen molar-refractivity contribution in [3.8, 4) is 0 Å². The Hall–Kier alpha value is -2.42. The van der Waals surface area contributed by atoms with Crippen LogP contribution in [-0.2, 0) is 26.2 Å². The molecule has 1 atom stereocenters. The van der Waals surface area contributed by atoms with Crippen LogP contribution in [0.2, 0.25) is 5.02 Å². The largest absolute Gasteiger partial charge is 0.350 e. The van der Waals surface area contributed by atoms with Gasteiger partial charge in [-0.1, -0.05) is 41.9 Å². The van der Waals surface area contributed by atoms with Crippen molar-refractivity contribution in [1.82, 2.24) is 9.62 Å². The van der Waals surface area contributed by atoms with Gasteiger partial charge in [-0.25, -0.2) is 8.42 Å². The first kappa shape index (κ1) is 23.2. The highest BCUT2D eigenvalue weighted by atomic mass is 35.5. The van der Waals surface area contributed by atoms with Gasteiger partial charge in [0.15, 0.2) is 0 Å². The lowest BCUT2D eigenvalue weighted by atomic mass is 9.93. The predicted molar refractivity (Wildman–Crippen MR) is 121 cm³/mol. The number of halogens is 1. The molecule has 2 amide bonds. The number of hydrogen-bond acceptors (Lipinski definition) is 4. The van der Waals surface area contributed by atoms with E-state index in [1.165, 1.54) is 11.8 Å². The first-order valence-electron chi connectivity index (χ1n) is 9.98. The number of anilines is 1. The van der Waals surface area contributed by atoms with Crippen molar-refractivity contribution < 1.29 is 18.0 Å². The van der Waals surface area contributed by atoms with E-state index in [2.05, 4.69) is 5.32 Å². The lowest BCUT2D eigenvalue weighted by molar-refractivity contribution is -0.133. The van der Waals surface area contributed by atoms with E-state index in [9.17, 15) is 18.0 Å². The summed E-state index contributed by atoms with van der Waals surface area (Å²) in [5.41, 5.74) is 0.703. The van der Waals surface area contributed by atoms with Crippen molar-refractivity contribution in [2.24, 2.45) is 0 Å². The molecule has 1 heterocycles. The first-order chi connectivity index (χ1) is 14.6. The molecule has 7 nitrogen and oxygen atoms in total. The average Bonchev–Trinajstić information content (AvgIpc) is 2.73. The number of benzene rings is 2. The summed E-state index contributed by atoms with van der Waals surface area (Å²) in [6, 6.07) is 14.4. The van der Waals surface area contributed by atoms with Crippen LogP contribution < -0.4 is 10.2 Å². The Kier molecular flexibility index (Phi) is 6.73. The zero-order valence-electron chi connectivity index (χ0n) is 17.8. The fourth-order valence-electron chi connectivity index (χ4n) is 3.76. The van der Waals surface area contributed by atoms with E-state index in [-0.39, 0.29) is 25.4 Å². The molecule has 1 saturated heterocycles. The van der Waals surface area contributed by atoms with Crippen LogP contribution in [0.15, 0.2) is 48.5 Å². The van der Waals surface area contributed by atoms with Crippen molar-refractivity contribution in [3.63, 3.8) is 0 Å². The summed E-state index contributed by atoms with van der Waals surface area (Å²) < 4.78 is 26.2. The normalized spacial score (nSPS) is 20.0. The van der Waals surface area contributed by atoms with E-state index in [4.69, 9.17) is 11.6 Å². The van der Waals surface area contributed by atoms with Gasteiger partial charge in [0.2, 0.25) is 21.8 Å². The maximum absolute atomic E-state index is 13.4. The van der Waals surface area contributed by atoms with Gasteiger partial charge >= 0.3 is 0 Å². The Labute approximate surface area is 188 Å². The number of hydrogen-bond donors (Lipinski definition) is 1. The number of carbonyl (C=O) groups excluding carboxylic acids is 2. The molecular weight excluding hydrogens is 438 g/mol. The fraction of sp³-hybridized carbons (Fsp3) is 0.364. The summed E-state index contributed by atoms with van der Waals surface area (Å²) in [5, 5.41) is 3.38. The summed E-state index contributed by atoms with van der Waals surface area (Å²) in [6.45, 7) is 4.71. The molecule has 1 aliphatic heterocycles. The van der Waals surface area contributed by atoms with Crippen LogP contribution in [0.1, 0.15) is 25.0 Å². The molecule has 0 radical (unpaired) electrons. The predicted octanol–water partition coefficient (Wildman–Crippen LogP) is 2.72. The molecule has 3 rings (SSSR count). The second-order valence-electron chi connectivity index (χ2n) is 7.77. The highest BCUT2D eigenvalue weighted by molar-refractivity contribution is 7.89. The average molecular weight is 464 g/mol. The number of aryl methyl sites for hydroxylation is 1. The van der Waals surface area contributed by atoms with Gasteiger partial charge in [-0.3, -0.25) is 14.5 Å². The molecule has 0 unspecified atom stereocenters. The van der Waals surface area contributed by atoms with E-state index >= 15 is 0 Å². The number of piperazine rings is 1. The highest BCUT2D eigenvalue weighted by Gasteiger charge is 2.50. The van der Waals surface area contributed by atoms with E-state index in [1.54, 1.807) is 32.0 Å². The monoisotopic (exact) mass is 463 g/mol. The molecule has 0 saturated carbocycles. The number of nitrogens with one attached hydrogen (secondary N) is 1. The molecule has 0 bridgehead atoms. The van der Waals surface area contributed by atoms with Crippen LogP contribution in [0.25, 0.3) is 0 Å². The van der Waals surface area contributed by atoms with E-state index in [0.717, 1.165) is 15.4 Å². The molecule has 31 heavy (non-hydrogen) atoms. The second kappa shape index (κ2) is 8.98. The van der Waals surface area contributed by atoms with Gasteiger partial charge in [0.05, 0.1) is 12.3 Å². The van der Waals surface area contributed by atoms with Crippen molar-refractivity contribution in [2.75, 3.05) is 23.7 Å². The molecule has 2 aromatic carbocycles. The topological polar surface area (TPSA) is 86.8 Å². The minimum Gasteiger partial charge on any atom is -0.350 e. The van der Waals surface area contributed by atoms with Crippen molar-refractivity contribution in [3.05, 3.63) is 64.7 Å². The van der Waals surface area contributed by atoms with Crippen LogP contribution >= 0.6 is 11.6 Å². The number of rotatable bonds is 6. The smallest absolute Gasteiger partial charge is 0.247 e. The Bertz CT molecular complexity index is 1090. The molecule has 0 aliphatic carbocycles. The zero-order chi connectivity index (χ0) is 22.8. The van der Waals surface area contributed by atoms with Gasteiger partial charge in [-0.2, -0.15) is 4.31 Å². The molecule has 166 valence electrons. The van der Waals surface area contributed by atoms with Crippen molar-refractivity contribution >= 4 is 39.1 Å². The van der Waals surface area contributed by atoms with Crippen LogP contribution in [0.5, 0.6) is 0 Å². The number of carbonyl (C=O) groups is 2. The van der Waals surface area contributed by atoms with Gasteiger partial charge in [-0.05, 0) is 50.1 Å². The first-order valence-corrected chi connectivity index (χ1v) is 12.0. The van der Waals surface area contributed by atoms with Gasteiger partial charge < -0.3 is 5.32 Å². The molecule has 1 aliphatic rings. The second-order valence-corrected chi connectivity index (χ2v) is 10.5. The summed E-state index contributed by atoms with van der Waals surface area (Å²) in [4.78, 5) is 28.0. The third-order valence-electron chi connectivity index (χ3n) is 5.48. The van der Waals surface area contributed by atoms with Crippen molar-refractivity contribution in [1.29, 1.82) is 0 Å². The maximum atomic E-state index is 13.4. The van der Waals surface area contributed by atoms with Gasteiger partial charge in [-0.15, -0.1) is 0 Å². The standard InChI is InChI=1S/C22H26ClN3O4S/c1-4-31(29,30)25-14-20(27)26(19-11-10-18(23)12-16(19)2)22(3,15-25)21(28)24-13-17-8-6-5-7-9-17/h5-12H,4,13-15H2,1-3H3,(H,24,28)/t22-/m0/s1. The number of amides is 2. The molecule has 1 N–H and O–H groups in total. The SMILES string of the molecule is CCS(=O)(=O)N1CC(=O)N(c2ccc(Cl)cc2C)[C@](C)(C(=O)NCc2ccccc2)C1. The van der Waals surface area contributed by atoms with Gasteiger partial charge in [0.25, 0.3) is 0 Å². The number of nitrogens with zero attached hydrogens (tertiary/aromatic N) is 2. The quantitative estimate of drug-likeness (QED) is 0.713. The maximum Gasteiger partial charge on any atom is 0.247 e. The van der Waals surface area contributed by atoms with Crippen LogP contribution in [-0.4, -0.2) is 48.9 Å². The molecule has 0 spiro atoms. The Morgan fingerprint density at radius 2 is 1.87 bits per heavy atom. The summed E-state index contributed by atoms with van der Waals surface area (Å²) in [5.74, 6) is -1.05. The third-order valence-corrected chi connectivity index (χ3v) is 7.49. The molecule has 1 fully saturated rings. The summed E-state index contributed by atoms with van der Waals surface area (Å²) in [7, 11) is -3.66. The molecule has 0 aromatic heterocycles. The van der Waals surface area contributed by atoms with Gasteiger partial charge in [0.1, 0.15) is 5.54 Å². The Morgan fingerprint density at radius 3 is 2.48 bits per heavy atom. The lowest BCUT2D eigenvalue weighted by Crippen LogP contribution is -2.70. The minimum absolute atomic E-state index is 0.141. The van der Waals surface area contributed by atoms with Crippen LogP contribution in [0.4, 0.5) is 5.69 Å². The van der Waals surface area contributed by atoms with Crippen LogP contribution in [0.3, 0.4) is 0 Å². The number of sulfonamides is 1. The lowest BCUT2D eigenvalue weighted by Gasteiger charge is -2.47. The third kappa shape index (κ3) is 4.76. The molecule has 9 heteroatoms. The minimum atomic E-state index is -3.66. The highest BCUT2D eigenvalue weighted by Crippen LogP contribution is 2.34. The molecule has 2 aromatic rings. The Balaban J connectivity index is 2.01. The van der Waals surface area contributed by atoms with Crippen LogP contribution in [0, 0.1) is 6.92 Å². The van der Waals surface area contributed by atoms with E-state index < -0.39 is 27.4 Å². The summed E-state index contributed by atoms with van der Waals surface area (Å²) in [6.07, 6.45) is 0. The van der Waals surface area contributed by atoms with E-state index in [0.29, 0.717) is 10.7 Å². The fourth-order valence-corrected chi connectivity index (χ4v) is 5.11.